The van der Waals surface area contributed by atoms with E-state index in [1.807, 2.05) is 13.0 Å². The van der Waals surface area contributed by atoms with Crippen LogP contribution in [0.25, 0.3) is 0 Å². The molecule has 0 aliphatic heterocycles. The maximum atomic E-state index is 13.1. The van der Waals surface area contributed by atoms with Crippen LogP contribution < -0.4 is 19.1 Å². The van der Waals surface area contributed by atoms with Gasteiger partial charge in [-0.2, -0.15) is 0 Å². The number of anilines is 2. The summed E-state index contributed by atoms with van der Waals surface area (Å²) >= 11 is 0. The molecule has 2 rings (SSSR count). The number of methoxy groups -OCH3 is 1. The van der Waals surface area contributed by atoms with Crippen LogP contribution >= 0.6 is 0 Å². The van der Waals surface area contributed by atoms with Crippen LogP contribution in [0.5, 0.6) is 5.75 Å². The third kappa shape index (κ3) is 6.46. The molecule has 0 saturated heterocycles. The lowest BCUT2D eigenvalue weighted by Crippen LogP contribution is -2.45. The van der Waals surface area contributed by atoms with Gasteiger partial charge in [0.2, 0.25) is 26.0 Å². The van der Waals surface area contributed by atoms with E-state index in [0.29, 0.717) is 11.3 Å². The van der Waals surface area contributed by atoms with Crippen LogP contribution in [0.2, 0.25) is 0 Å². The molecule has 0 fully saturated rings. The zero-order chi connectivity index (χ0) is 25.1. The highest BCUT2D eigenvalue weighted by Gasteiger charge is 2.31. The molecule has 0 bridgehead atoms. The number of nitrogens with zero attached hydrogens (tertiary/aromatic N) is 1. The minimum atomic E-state index is -3.82. The maximum Gasteiger partial charge on any atom is 0.248 e. The Balaban J connectivity index is 2.47. The number of ether oxygens (including phenoxy) is 1. The summed E-state index contributed by atoms with van der Waals surface area (Å²) in [4.78, 5) is 13.1. The van der Waals surface area contributed by atoms with Crippen molar-refractivity contribution in [3.63, 3.8) is 0 Å². The van der Waals surface area contributed by atoms with Gasteiger partial charge in [-0.05, 0) is 70.0 Å². The number of aryl methyl sites for hydroxylation is 2. The summed E-state index contributed by atoms with van der Waals surface area (Å²) in [6, 6.07) is 7.95. The number of benzene rings is 2. The molecule has 1 atom stereocenters. The van der Waals surface area contributed by atoms with Gasteiger partial charge in [0.05, 0.1) is 29.6 Å². The number of rotatable bonds is 9. The quantitative estimate of drug-likeness (QED) is 0.549. The van der Waals surface area contributed by atoms with Crippen molar-refractivity contribution in [3.8, 4) is 5.75 Å². The largest absolute Gasteiger partial charge is 0.495 e. The molecule has 1 unspecified atom stereocenters. The molecule has 0 aliphatic rings. The van der Waals surface area contributed by atoms with Gasteiger partial charge in [0.15, 0.2) is 0 Å². The Kier molecular flexibility index (Phi) is 8.15. The van der Waals surface area contributed by atoms with Crippen LogP contribution in [0.4, 0.5) is 11.4 Å². The number of amides is 1. The standard InChI is InChI=1S/C22H31N3O6S2/c1-14(2)24-33(29,30)18-10-11-21(31-6)19(13-18)23-22(26)17(5)25(32(7,27)28)20-12-15(3)8-9-16(20)4/h8-14,17,24H,1-7H3,(H,23,26). The van der Waals surface area contributed by atoms with Gasteiger partial charge in [-0.3, -0.25) is 9.10 Å². The number of nitrogens with one attached hydrogen (secondary N) is 2. The van der Waals surface area contributed by atoms with E-state index in [9.17, 15) is 21.6 Å². The Labute approximate surface area is 196 Å². The third-order valence-electron chi connectivity index (χ3n) is 4.82. The van der Waals surface area contributed by atoms with Gasteiger partial charge in [0.25, 0.3) is 0 Å². The van der Waals surface area contributed by atoms with E-state index in [1.165, 1.54) is 32.2 Å². The first-order chi connectivity index (χ1) is 15.2. The number of carbonyl (C=O) groups is 1. The molecule has 33 heavy (non-hydrogen) atoms. The number of hydrogen-bond acceptors (Lipinski definition) is 6. The fourth-order valence-corrected chi connectivity index (χ4v) is 5.81. The predicted molar refractivity (Wildman–Crippen MR) is 130 cm³/mol. The highest BCUT2D eigenvalue weighted by Crippen LogP contribution is 2.30. The van der Waals surface area contributed by atoms with Gasteiger partial charge in [0, 0.05) is 6.04 Å². The fourth-order valence-electron chi connectivity index (χ4n) is 3.31. The van der Waals surface area contributed by atoms with E-state index in [-0.39, 0.29) is 22.4 Å². The lowest BCUT2D eigenvalue weighted by molar-refractivity contribution is -0.116. The SMILES string of the molecule is COc1ccc(S(=O)(=O)NC(C)C)cc1NC(=O)C(C)N(c1cc(C)ccc1C)S(C)(=O)=O. The molecule has 11 heteroatoms. The second-order valence-electron chi connectivity index (χ2n) is 8.15. The summed E-state index contributed by atoms with van der Waals surface area (Å²) in [5.74, 6) is -0.414. The van der Waals surface area contributed by atoms with Crippen molar-refractivity contribution in [1.82, 2.24) is 4.72 Å². The summed E-state index contributed by atoms with van der Waals surface area (Å²) in [5, 5.41) is 2.62. The van der Waals surface area contributed by atoms with Crippen LogP contribution in [-0.2, 0) is 24.8 Å². The van der Waals surface area contributed by atoms with Gasteiger partial charge in [-0.25, -0.2) is 21.6 Å². The normalized spacial score (nSPS) is 13.0. The highest BCUT2D eigenvalue weighted by atomic mass is 32.2. The van der Waals surface area contributed by atoms with Crippen LogP contribution in [0.1, 0.15) is 31.9 Å². The second-order valence-corrected chi connectivity index (χ2v) is 11.7. The summed E-state index contributed by atoms with van der Waals surface area (Å²) in [5.41, 5.74) is 2.03. The first-order valence-electron chi connectivity index (χ1n) is 10.2. The van der Waals surface area contributed by atoms with Crippen molar-refractivity contribution in [2.24, 2.45) is 0 Å². The van der Waals surface area contributed by atoms with Gasteiger partial charge in [-0.15, -0.1) is 0 Å². The molecule has 0 aliphatic carbocycles. The Morgan fingerprint density at radius 3 is 2.18 bits per heavy atom. The molecule has 2 aromatic carbocycles. The Hall–Kier alpha value is -2.63. The van der Waals surface area contributed by atoms with E-state index in [2.05, 4.69) is 10.0 Å². The monoisotopic (exact) mass is 497 g/mol. The van der Waals surface area contributed by atoms with E-state index in [1.54, 1.807) is 32.9 Å². The average Bonchev–Trinajstić information content (AvgIpc) is 2.68. The molecule has 2 aromatic rings. The number of carbonyl (C=O) groups excluding carboxylic acids is 1. The van der Waals surface area contributed by atoms with Crippen molar-refractivity contribution in [2.45, 2.75) is 51.6 Å². The first-order valence-corrected chi connectivity index (χ1v) is 13.6. The molecule has 0 spiro atoms. The number of sulfonamides is 2. The Morgan fingerprint density at radius 1 is 1.00 bits per heavy atom. The first kappa shape index (κ1) is 26.6. The van der Waals surface area contributed by atoms with Gasteiger partial charge < -0.3 is 10.1 Å². The summed E-state index contributed by atoms with van der Waals surface area (Å²) in [6.07, 6.45) is 1.03. The predicted octanol–water partition coefficient (Wildman–Crippen LogP) is 2.79. The smallest absolute Gasteiger partial charge is 0.248 e. The summed E-state index contributed by atoms with van der Waals surface area (Å²) in [7, 11) is -6.26. The highest BCUT2D eigenvalue weighted by molar-refractivity contribution is 7.92. The van der Waals surface area contributed by atoms with Crippen molar-refractivity contribution in [2.75, 3.05) is 23.0 Å². The lowest BCUT2D eigenvalue weighted by Gasteiger charge is -2.30. The van der Waals surface area contributed by atoms with Gasteiger partial charge in [0.1, 0.15) is 11.8 Å². The molecular weight excluding hydrogens is 466 g/mol. The Morgan fingerprint density at radius 2 is 1.64 bits per heavy atom. The zero-order valence-corrected chi connectivity index (χ0v) is 21.5. The van der Waals surface area contributed by atoms with Gasteiger partial charge >= 0.3 is 0 Å². The minimum absolute atomic E-state index is 0.0607. The average molecular weight is 498 g/mol. The maximum absolute atomic E-state index is 13.1. The minimum Gasteiger partial charge on any atom is -0.495 e. The van der Waals surface area contributed by atoms with Crippen molar-refractivity contribution in [3.05, 3.63) is 47.5 Å². The Bertz CT molecular complexity index is 1240. The fraction of sp³-hybridized carbons (Fsp3) is 0.409. The molecular formula is C22H31N3O6S2. The lowest BCUT2D eigenvalue weighted by atomic mass is 10.1. The molecule has 182 valence electrons. The molecule has 2 N–H and O–H groups in total. The van der Waals surface area contributed by atoms with Gasteiger partial charge in [-0.1, -0.05) is 12.1 Å². The van der Waals surface area contributed by atoms with Crippen LogP contribution in [-0.4, -0.2) is 48.2 Å². The topological polar surface area (TPSA) is 122 Å². The summed E-state index contributed by atoms with van der Waals surface area (Å²) < 4.78 is 59.2. The van der Waals surface area contributed by atoms with Crippen LogP contribution in [0.15, 0.2) is 41.3 Å². The summed E-state index contributed by atoms with van der Waals surface area (Å²) in [6.45, 7) is 8.44. The van der Waals surface area contributed by atoms with E-state index < -0.39 is 32.0 Å². The molecule has 0 heterocycles. The van der Waals surface area contributed by atoms with Crippen molar-refractivity contribution < 1.29 is 26.4 Å². The van der Waals surface area contributed by atoms with Crippen LogP contribution in [0.3, 0.4) is 0 Å². The molecule has 0 radical (unpaired) electrons. The van der Waals surface area contributed by atoms with Crippen LogP contribution in [0, 0.1) is 13.8 Å². The molecule has 1 amide bonds. The second kappa shape index (κ2) is 10.1. The van der Waals surface area contributed by atoms with E-state index in [0.717, 1.165) is 16.1 Å². The third-order valence-corrected chi connectivity index (χ3v) is 7.70. The van der Waals surface area contributed by atoms with Crippen molar-refractivity contribution in [1.29, 1.82) is 0 Å². The molecule has 0 saturated carbocycles. The van der Waals surface area contributed by atoms with Crippen molar-refractivity contribution >= 4 is 37.3 Å². The molecule has 0 aromatic heterocycles. The van der Waals surface area contributed by atoms with E-state index >= 15 is 0 Å². The molecule has 9 nitrogen and oxygen atoms in total. The number of hydrogen-bond donors (Lipinski definition) is 2. The zero-order valence-electron chi connectivity index (χ0n) is 19.8. The van der Waals surface area contributed by atoms with E-state index in [4.69, 9.17) is 4.74 Å².